The van der Waals surface area contributed by atoms with E-state index in [0.29, 0.717) is 17.9 Å². The monoisotopic (exact) mass is 315 g/mol. The fourth-order valence-corrected chi connectivity index (χ4v) is 1.93. The van der Waals surface area contributed by atoms with Crippen LogP contribution in [-0.2, 0) is 4.74 Å². The molecular weight excluding hydrogens is 298 g/mol. The van der Waals surface area contributed by atoms with Crippen LogP contribution in [0.5, 0.6) is 5.75 Å². The van der Waals surface area contributed by atoms with Crippen LogP contribution in [0.15, 0.2) is 22.7 Å². The van der Waals surface area contributed by atoms with Crippen molar-refractivity contribution in [2.45, 2.75) is 6.92 Å². The van der Waals surface area contributed by atoms with Gasteiger partial charge in [0.2, 0.25) is 0 Å². The Hall–Kier alpha value is -0.910. The molecule has 1 saturated heterocycles. The van der Waals surface area contributed by atoms with Gasteiger partial charge in [0.15, 0.2) is 6.29 Å². The molecule has 1 aromatic carbocycles. The summed E-state index contributed by atoms with van der Waals surface area (Å²) in [4.78, 5) is 10.6. The number of para-hydroxylation sites is 1. The highest BCUT2D eigenvalue weighted by Crippen LogP contribution is 2.27. The Balaban J connectivity index is 0.000000225. The van der Waals surface area contributed by atoms with Gasteiger partial charge in [0, 0.05) is 13.1 Å². The van der Waals surface area contributed by atoms with E-state index < -0.39 is 0 Å². The zero-order chi connectivity index (χ0) is 13.2. The van der Waals surface area contributed by atoms with Gasteiger partial charge < -0.3 is 14.8 Å². The largest absolute Gasteiger partial charge is 0.492 e. The summed E-state index contributed by atoms with van der Waals surface area (Å²) in [7, 11) is 0. The maximum Gasteiger partial charge on any atom is 0.153 e. The van der Waals surface area contributed by atoms with E-state index in [1.807, 2.05) is 13.0 Å². The van der Waals surface area contributed by atoms with Crippen LogP contribution in [0.25, 0.3) is 0 Å². The molecule has 0 radical (unpaired) electrons. The number of aldehydes is 1. The molecule has 1 aliphatic rings. The number of benzene rings is 1. The van der Waals surface area contributed by atoms with Gasteiger partial charge in [0.25, 0.3) is 0 Å². The number of hydrogen-bond donors (Lipinski definition) is 1. The third kappa shape index (κ3) is 5.16. The summed E-state index contributed by atoms with van der Waals surface area (Å²) in [5.41, 5.74) is 0.575. The Morgan fingerprint density at radius 1 is 1.44 bits per heavy atom. The molecule has 2 rings (SSSR count). The van der Waals surface area contributed by atoms with Gasteiger partial charge in [-0.15, -0.1) is 0 Å². The van der Waals surface area contributed by atoms with E-state index in [0.717, 1.165) is 37.1 Å². The Bertz CT molecular complexity index is 356. The fraction of sp³-hybridized carbons (Fsp3) is 0.462. The van der Waals surface area contributed by atoms with Crippen molar-refractivity contribution in [3.8, 4) is 5.75 Å². The molecule has 0 bridgehead atoms. The predicted molar refractivity (Wildman–Crippen MR) is 74.4 cm³/mol. The molecule has 0 atom stereocenters. The highest BCUT2D eigenvalue weighted by molar-refractivity contribution is 9.10. The van der Waals surface area contributed by atoms with Gasteiger partial charge in [-0.3, -0.25) is 4.79 Å². The maximum absolute atomic E-state index is 10.6. The molecule has 1 N–H and O–H groups in total. The van der Waals surface area contributed by atoms with Crippen molar-refractivity contribution in [2.24, 2.45) is 0 Å². The zero-order valence-electron chi connectivity index (χ0n) is 10.4. The Morgan fingerprint density at radius 3 is 2.61 bits per heavy atom. The minimum atomic E-state index is 0.559. The summed E-state index contributed by atoms with van der Waals surface area (Å²) < 4.78 is 11.1. The van der Waals surface area contributed by atoms with Crippen molar-refractivity contribution >= 4 is 22.2 Å². The number of halogens is 1. The molecular formula is C13H18BrNO3. The second kappa shape index (κ2) is 9.08. The zero-order valence-corrected chi connectivity index (χ0v) is 12.0. The third-order valence-corrected chi connectivity index (χ3v) is 2.88. The molecule has 1 aliphatic heterocycles. The van der Waals surface area contributed by atoms with Gasteiger partial charge in [0.05, 0.1) is 29.9 Å². The smallest absolute Gasteiger partial charge is 0.153 e. The predicted octanol–water partition coefficient (Wildman–Crippen LogP) is 2.27. The summed E-state index contributed by atoms with van der Waals surface area (Å²) in [6.45, 7) is 6.28. The van der Waals surface area contributed by atoms with Crippen LogP contribution in [0.2, 0.25) is 0 Å². The van der Waals surface area contributed by atoms with Crippen LogP contribution in [0.3, 0.4) is 0 Å². The minimum absolute atomic E-state index is 0.559. The van der Waals surface area contributed by atoms with Gasteiger partial charge in [-0.1, -0.05) is 6.07 Å². The summed E-state index contributed by atoms with van der Waals surface area (Å²) >= 11 is 3.31. The van der Waals surface area contributed by atoms with Gasteiger partial charge in [-0.05, 0) is 35.0 Å². The molecule has 0 spiro atoms. The lowest BCUT2D eigenvalue weighted by Crippen LogP contribution is -2.30. The van der Waals surface area contributed by atoms with Crippen molar-refractivity contribution < 1.29 is 14.3 Å². The van der Waals surface area contributed by atoms with Crippen LogP contribution < -0.4 is 10.1 Å². The molecule has 4 nitrogen and oxygen atoms in total. The summed E-state index contributed by atoms with van der Waals surface area (Å²) in [5, 5.41) is 3.16. The highest BCUT2D eigenvalue weighted by atomic mass is 79.9. The van der Waals surface area contributed by atoms with Crippen LogP contribution in [-0.4, -0.2) is 39.2 Å². The van der Waals surface area contributed by atoms with Crippen molar-refractivity contribution in [3.63, 3.8) is 0 Å². The molecule has 5 heteroatoms. The van der Waals surface area contributed by atoms with Crippen LogP contribution in [0, 0.1) is 0 Å². The first-order valence-electron chi connectivity index (χ1n) is 5.94. The second-order valence-electron chi connectivity index (χ2n) is 3.57. The van der Waals surface area contributed by atoms with Crippen molar-refractivity contribution in [1.29, 1.82) is 0 Å². The molecule has 1 heterocycles. The van der Waals surface area contributed by atoms with Gasteiger partial charge >= 0.3 is 0 Å². The van der Waals surface area contributed by atoms with E-state index in [1.165, 1.54) is 0 Å². The van der Waals surface area contributed by atoms with Crippen LogP contribution >= 0.6 is 15.9 Å². The number of rotatable bonds is 3. The average molecular weight is 316 g/mol. The normalized spacial score (nSPS) is 14.3. The minimum Gasteiger partial charge on any atom is -0.492 e. The molecule has 0 saturated carbocycles. The first kappa shape index (κ1) is 15.1. The first-order chi connectivity index (χ1) is 8.79. The fourth-order valence-electron chi connectivity index (χ4n) is 1.43. The Morgan fingerprint density at radius 2 is 2.17 bits per heavy atom. The topological polar surface area (TPSA) is 47.6 Å². The summed E-state index contributed by atoms with van der Waals surface area (Å²) in [6, 6.07) is 5.37. The summed E-state index contributed by atoms with van der Waals surface area (Å²) in [6.07, 6.45) is 0.787. The first-order valence-corrected chi connectivity index (χ1v) is 6.73. The van der Waals surface area contributed by atoms with E-state index in [2.05, 4.69) is 21.2 Å². The lowest BCUT2D eigenvalue weighted by Gasteiger charge is -2.10. The second-order valence-corrected chi connectivity index (χ2v) is 4.43. The van der Waals surface area contributed by atoms with Crippen LogP contribution in [0.4, 0.5) is 0 Å². The van der Waals surface area contributed by atoms with E-state index in [4.69, 9.17) is 9.47 Å². The Kier molecular flexibility index (Phi) is 7.64. The molecule has 1 aromatic rings. The lowest BCUT2D eigenvalue weighted by molar-refractivity contribution is 0.109. The van der Waals surface area contributed by atoms with E-state index >= 15 is 0 Å². The SMILES string of the molecule is C1COCCN1.CCOc1c(Br)cccc1C=O. The van der Waals surface area contributed by atoms with Crippen molar-refractivity contribution in [2.75, 3.05) is 32.9 Å². The standard InChI is InChI=1S/C9H9BrO2.C4H9NO/c1-2-12-9-7(6-11)4-3-5-8(9)10;1-3-6-4-2-5-1/h3-6H,2H2,1H3;5H,1-4H2. The quantitative estimate of drug-likeness (QED) is 0.869. The molecule has 1 fully saturated rings. The number of carbonyl (C=O) groups excluding carboxylic acids is 1. The summed E-state index contributed by atoms with van der Waals surface area (Å²) in [5.74, 6) is 0.620. The molecule has 0 unspecified atom stereocenters. The van der Waals surface area contributed by atoms with E-state index in [1.54, 1.807) is 12.1 Å². The molecule has 0 amide bonds. The molecule has 0 aliphatic carbocycles. The number of morpholine rings is 1. The highest BCUT2D eigenvalue weighted by Gasteiger charge is 2.05. The van der Waals surface area contributed by atoms with Gasteiger partial charge in [-0.25, -0.2) is 0 Å². The van der Waals surface area contributed by atoms with Crippen molar-refractivity contribution in [3.05, 3.63) is 28.2 Å². The number of carbonyl (C=O) groups is 1. The number of ether oxygens (including phenoxy) is 2. The van der Waals surface area contributed by atoms with Crippen LogP contribution in [0.1, 0.15) is 17.3 Å². The lowest BCUT2D eigenvalue weighted by atomic mass is 10.2. The van der Waals surface area contributed by atoms with Gasteiger partial charge in [0.1, 0.15) is 5.75 Å². The van der Waals surface area contributed by atoms with E-state index in [-0.39, 0.29) is 0 Å². The van der Waals surface area contributed by atoms with E-state index in [9.17, 15) is 4.79 Å². The third-order valence-electron chi connectivity index (χ3n) is 2.26. The van der Waals surface area contributed by atoms with Gasteiger partial charge in [-0.2, -0.15) is 0 Å². The number of hydrogen-bond acceptors (Lipinski definition) is 4. The van der Waals surface area contributed by atoms with Crippen molar-refractivity contribution in [1.82, 2.24) is 5.32 Å². The molecule has 18 heavy (non-hydrogen) atoms. The molecule has 100 valence electrons. The molecule has 0 aromatic heterocycles. The Labute approximate surface area is 116 Å². The number of nitrogens with one attached hydrogen (secondary N) is 1. The maximum atomic E-state index is 10.6. The average Bonchev–Trinajstić information content (AvgIpc) is 2.44.